The van der Waals surface area contributed by atoms with Crippen molar-refractivity contribution in [2.45, 2.75) is 156 Å². The second kappa shape index (κ2) is 16.4. The van der Waals surface area contributed by atoms with Gasteiger partial charge in [-0.25, -0.2) is 0 Å². The number of fused-ring (bicyclic) bond motifs is 8. The molecule has 0 atom stereocenters. The van der Waals surface area contributed by atoms with Crippen LogP contribution >= 0.6 is 0 Å². The monoisotopic (exact) mass is 737 g/mol. The lowest BCUT2D eigenvalue weighted by Gasteiger charge is -2.21. The van der Waals surface area contributed by atoms with Crippen LogP contribution in [0.25, 0.3) is 86.2 Å². The maximum atomic E-state index is 2.62. The molecule has 0 bridgehead atoms. The predicted molar refractivity (Wildman–Crippen MR) is 251 cm³/mol. The molecule has 0 heteroatoms. The lowest BCUT2D eigenvalue weighted by atomic mass is 9.82. The minimum atomic E-state index is 1.15. The summed E-state index contributed by atoms with van der Waals surface area (Å²) in [6.45, 7) is 9.34. The fourth-order valence-corrected chi connectivity index (χ4v) is 10.8. The van der Waals surface area contributed by atoms with Gasteiger partial charge in [-0.1, -0.05) is 105 Å². The lowest BCUT2D eigenvalue weighted by molar-refractivity contribution is 0.668. The molecule has 56 heavy (non-hydrogen) atoms. The van der Waals surface area contributed by atoms with E-state index in [4.69, 9.17) is 0 Å². The molecule has 288 valence electrons. The summed E-state index contributed by atoms with van der Waals surface area (Å²) in [4.78, 5) is 0. The fraction of sp³-hybridized carbons (Fsp3) is 0.429. The summed E-state index contributed by atoms with van der Waals surface area (Å²) in [6.07, 6.45) is 25.2. The summed E-state index contributed by atoms with van der Waals surface area (Å²) in [5.74, 6) is 0. The Morgan fingerprint density at radius 3 is 0.554 bits per heavy atom. The van der Waals surface area contributed by atoms with Crippen molar-refractivity contribution < 1.29 is 0 Å². The highest BCUT2D eigenvalue weighted by molar-refractivity contribution is 6.19. The molecule has 0 amide bonds. The molecule has 0 unspecified atom stereocenters. The maximum absolute atomic E-state index is 2.62. The van der Waals surface area contributed by atoms with Crippen molar-refractivity contribution in [3.63, 3.8) is 0 Å². The molecule has 0 nitrogen and oxygen atoms in total. The molecular weight excluding hydrogens is 673 g/mol. The van der Waals surface area contributed by atoms with Gasteiger partial charge in [0.2, 0.25) is 0 Å². The normalized spacial score (nSPS) is 12.6. The van der Waals surface area contributed by atoms with E-state index in [-0.39, 0.29) is 0 Å². The van der Waals surface area contributed by atoms with Gasteiger partial charge in [0.1, 0.15) is 0 Å². The molecule has 0 aliphatic carbocycles. The molecule has 8 aromatic rings. The van der Waals surface area contributed by atoms with Crippen LogP contribution in [0.15, 0.2) is 72.8 Å². The Kier molecular flexibility index (Phi) is 10.9. The van der Waals surface area contributed by atoms with Gasteiger partial charge in [0, 0.05) is 0 Å². The van der Waals surface area contributed by atoms with Crippen molar-refractivity contribution >= 4 is 86.2 Å². The van der Waals surface area contributed by atoms with Gasteiger partial charge in [-0.2, -0.15) is 0 Å². The van der Waals surface area contributed by atoms with E-state index < -0.39 is 0 Å². The van der Waals surface area contributed by atoms with Crippen LogP contribution in [0.3, 0.4) is 0 Å². The zero-order valence-corrected chi connectivity index (χ0v) is 35.1. The van der Waals surface area contributed by atoms with Crippen LogP contribution in [-0.2, 0) is 25.7 Å². The first-order valence-corrected chi connectivity index (χ1v) is 23.2. The Bertz CT molecular complexity index is 2210. The van der Waals surface area contributed by atoms with Crippen LogP contribution < -0.4 is 0 Å². The van der Waals surface area contributed by atoms with Crippen LogP contribution in [0.5, 0.6) is 0 Å². The summed E-state index contributed by atoms with van der Waals surface area (Å²) < 4.78 is 0. The van der Waals surface area contributed by atoms with Crippen LogP contribution in [0.4, 0.5) is 0 Å². The molecule has 0 aliphatic heterocycles. The van der Waals surface area contributed by atoms with Crippen LogP contribution in [0, 0.1) is 0 Å². The minimum absolute atomic E-state index is 1.15. The first-order chi connectivity index (χ1) is 27.6. The predicted octanol–water partition coefficient (Wildman–Crippen LogP) is 17.7. The zero-order valence-electron chi connectivity index (χ0n) is 35.1. The van der Waals surface area contributed by atoms with E-state index in [9.17, 15) is 0 Å². The Balaban J connectivity index is 1.41. The summed E-state index contributed by atoms with van der Waals surface area (Å²) >= 11 is 0. The SMILES string of the molecule is CCCCCCc1c2cc3cc4cc5c(CCCCCC)c6cc7cc8cc1c1cc8cc7cc6c(CCCCCC)c5cc4cc3cc2c1CCCCCC. The lowest BCUT2D eigenvalue weighted by Crippen LogP contribution is -2.00. The minimum Gasteiger partial charge on any atom is -0.0654 e. The molecular formula is C56H64. The van der Waals surface area contributed by atoms with Crippen molar-refractivity contribution in [2.75, 3.05) is 0 Å². The number of rotatable bonds is 20. The molecule has 0 aliphatic rings. The maximum Gasteiger partial charge on any atom is -0.0136 e. The molecule has 0 saturated carbocycles. The molecule has 8 aromatic carbocycles. The molecule has 0 saturated heterocycles. The van der Waals surface area contributed by atoms with Crippen LogP contribution in [-0.4, -0.2) is 0 Å². The van der Waals surface area contributed by atoms with Gasteiger partial charge in [-0.15, -0.1) is 0 Å². The largest absolute Gasteiger partial charge is 0.0654 e. The van der Waals surface area contributed by atoms with Gasteiger partial charge in [-0.3, -0.25) is 0 Å². The van der Waals surface area contributed by atoms with E-state index in [0.717, 1.165) is 25.7 Å². The van der Waals surface area contributed by atoms with E-state index in [1.54, 1.807) is 22.3 Å². The Labute approximate surface area is 336 Å². The molecule has 0 heterocycles. The third kappa shape index (κ3) is 6.84. The third-order valence-electron chi connectivity index (χ3n) is 13.9. The summed E-state index contributed by atoms with van der Waals surface area (Å²) in [5.41, 5.74) is 6.32. The van der Waals surface area contributed by atoms with Crippen molar-refractivity contribution in [3.05, 3.63) is 95.1 Å². The fourth-order valence-electron chi connectivity index (χ4n) is 10.8. The first kappa shape index (κ1) is 37.4. The number of hydrogen-bond acceptors (Lipinski definition) is 0. The molecule has 0 N–H and O–H groups in total. The second-order valence-corrected chi connectivity index (χ2v) is 17.8. The standard InChI is InChI=1S/C56H64/c1-5-9-13-17-21-45-49-29-37-25-41-33-53-47(23-19-15-11-7-3)54-34-42-26-38-30-50(45)52-32-40(38)28-44(42)36-56(54)48(24-20-16-12-8-4)55(53)35-43(41)27-39(37)31-51(49)46(52)22-18-14-10-6-2/h25-36H,5-24H2,1-4H3. The van der Waals surface area contributed by atoms with Gasteiger partial charge in [0.05, 0.1) is 0 Å². The highest BCUT2D eigenvalue weighted by Crippen LogP contribution is 2.44. The average molecular weight is 737 g/mol. The molecule has 0 aromatic heterocycles. The molecule has 0 fully saturated rings. The third-order valence-corrected chi connectivity index (χ3v) is 13.9. The number of benzene rings is 8. The smallest absolute Gasteiger partial charge is 0.0136 e. The summed E-state index contributed by atoms with van der Waals surface area (Å²) in [5, 5.41) is 23.3. The van der Waals surface area contributed by atoms with E-state index in [1.807, 2.05) is 0 Å². The summed E-state index contributed by atoms with van der Waals surface area (Å²) in [6, 6.07) is 31.2. The van der Waals surface area contributed by atoms with Crippen LogP contribution in [0.1, 0.15) is 153 Å². The zero-order chi connectivity index (χ0) is 38.2. The Hall–Kier alpha value is -4.16. The van der Waals surface area contributed by atoms with Crippen molar-refractivity contribution in [1.29, 1.82) is 0 Å². The quantitative estimate of drug-likeness (QED) is 0.0540. The van der Waals surface area contributed by atoms with E-state index >= 15 is 0 Å². The Morgan fingerprint density at radius 2 is 0.393 bits per heavy atom. The van der Waals surface area contributed by atoms with Gasteiger partial charge >= 0.3 is 0 Å². The number of unbranched alkanes of at least 4 members (excludes halogenated alkanes) is 12. The van der Waals surface area contributed by atoms with Crippen molar-refractivity contribution in [2.24, 2.45) is 0 Å². The van der Waals surface area contributed by atoms with Crippen molar-refractivity contribution in [1.82, 2.24) is 0 Å². The Morgan fingerprint density at radius 1 is 0.214 bits per heavy atom. The van der Waals surface area contributed by atoms with E-state index in [2.05, 4.69) is 100 Å². The van der Waals surface area contributed by atoms with Crippen LogP contribution in [0.2, 0.25) is 0 Å². The van der Waals surface area contributed by atoms with E-state index in [0.29, 0.717) is 0 Å². The average Bonchev–Trinajstić information content (AvgIpc) is 3.20. The van der Waals surface area contributed by atoms with Gasteiger partial charge < -0.3 is 0 Å². The summed E-state index contributed by atoms with van der Waals surface area (Å²) in [7, 11) is 0. The van der Waals surface area contributed by atoms with Gasteiger partial charge in [-0.05, 0) is 233 Å². The van der Waals surface area contributed by atoms with E-state index in [1.165, 1.54) is 189 Å². The number of hydrogen-bond donors (Lipinski definition) is 0. The van der Waals surface area contributed by atoms with Crippen molar-refractivity contribution in [3.8, 4) is 0 Å². The van der Waals surface area contributed by atoms with Gasteiger partial charge in [0.15, 0.2) is 0 Å². The second-order valence-electron chi connectivity index (χ2n) is 17.8. The highest BCUT2D eigenvalue weighted by Gasteiger charge is 2.20. The molecule has 0 radical (unpaired) electrons. The number of aryl methyl sites for hydroxylation is 4. The highest BCUT2D eigenvalue weighted by atomic mass is 14.2. The molecule has 8 rings (SSSR count). The first-order valence-electron chi connectivity index (χ1n) is 23.2. The molecule has 0 spiro atoms. The van der Waals surface area contributed by atoms with Gasteiger partial charge in [0.25, 0.3) is 0 Å². The topological polar surface area (TPSA) is 0 Å².